The van der Waals surface area contributed by atoms with Gasteiger partial charge in [0.25, 0.3) is 6.29 Å². The number of quaternary nitrogens is 1. The number of esters is 2. The SMILES string of the molecule is CC/C=C\C/C=C\C/C=C\C/C=C\CCCCCCCCCCCCCCCCCCCCCCCCC(=O)OC(COC(=O)CCCCCCCCCCC)COC(OCC[N+](C)(C)C)C(=O)O. The van der Waals surface area contributed by atoms with E-state index in [4.69, 9.17) is 18.9 Å². The minimum absolute atomic E-state index is 0.177. The Hall–Kier alpha value is -2.75. The average Bonchev–Trinajstić information content (AvgIpc) is 3.31. The summed E-state index contributed by atoms with van der Waals surface area (Å²) in [6, 6.07) is 0. The molecule has 0 aliphatic heterocycles. The van der Waals surface area contributed by atoms with Gasteiger partial charge in [-0.1, -0.05) is 242 Å². The quantitative estimate of drug-likeness (QED) is 0.0211. The maximum atomic E-state index is 12.8. The highest BCUT2D eigenvalue weighted by molar-refractivity contribution is 5.71. The molecular weight excluding hydrogens is 863 g/mol. The van der Waals surface area contributed by atoms with Gasteiger partial charge < -0.3 is 28.5 Å². The van der Waals surface area contributed by atoms with Crippen molar-refractivity contribution < 1.29 is 42.9 Å². The van der Waals surface area contributed by atoms with E-state index in [2.05, 4.69) is 62.5 Å². The zero-order chi connectivity index (χ0) is 50.6. The predicted octanol–water partition coefficient (Wildman–Crippen LogP) is 16.7. The van der Waals surface area contributed by atoms with Gasteiger partial charge in [-0.05, 0) is 51.4 Å². The number of unbranched alkanes of at least 4 members (excludes halogenated alkanes) is 30. The Labute approximate surface area is 425 Å². The molecule has 69 heavy (non-hydrogen) atoms. The zero-order valence-electron chi connectivity index (χ0n) is 45.7. The van der Waals surface area contributed by atoms with Gasteiger partial charge >= 0.3 is 17.9 Å². The van der Waals surface area contributed by atoms with Crippen LogP contribution in [0.1, 0.15) is 258 Å². The summed E-state index contributed by atoms with van der Waals surface area (Å²) in [5, 5.41) is 9.66. The summed E-state index contributed by atoms with van der Waals surface area (Å²) >= 11 is 0. The molecule has 0 aromatic carbocycles. The standard InChI is InChI=1S/C60H109NO8/c1-6-8-10-12-14-16-17-18-19-20-21-22-23-24-25-26-27-28-29-30-31-32-33-34-35-36-37-38-39-40-41-43-45-47-49-51-58(63)69-56(55-68-60(59(64)65)66-53-52-61(3,4)5)54-67-57(62)50-48-46-44-42-15-13-11-9-7-2/h8,10,14,16,18-19,21-22,56,60H,6-7,9,11-13,15,17,20,23-55H2,1-5H3/p+1/b10-8-,16-14-,19-18-,22-21-. The van der Waals surface area contributed by atoms with Gasteiger partial charge in [-0.3, -0.25) is 9.59 Å². The Morgan fingerprint density at radius 1 is 0.449 bits per heavy atom. The van der Waals surface area contributed by atoms with Crippen molar-refractivity contribution in [2.45, 2.75) is 270 Å². The van der Waals surface area contributed by atoms with Crippen LogP contribution in [0.3, 0.4) is 0 Å². The van der Waals surface area contributed by atoms with E-state index in [0.717, 1.165) is 64.2 Å². The van der Waals surface area contributed by atoms with Crippen molar-refractivity contribution in [1.29, 1.82) is 0 Å². The van der Waals surface area contributed by atoms with Crippen LogP contribution in [0.2, 0.25) is 0 Å². The summed E-state index contributed by atoms with van der Waals surface area (Å²) in [4.78, 5) is 37.2. The van der Waals surface area contributed by atoms with Crippen LogP contribution >= 0.6 is 0 Å². The highest BCUT2D eigenvalue weighted by atomic mass is 16.7. The first-order valence-corrected chi connectivity index (χ1v) is 28.8. The first-order chi connectivity index (χ1) is 33.6. The summed E-state index contributed by atoms with van der Waals surface area (Å²) in [6.07, 6.45) is 60.8. The van der Waals surface area contributed by atoms with Gasteiger partial charge in [0.2, 0.25) is 0 Å². The normalized spacial score (nSPS) is 13.1. The van der Waals surface area contributed by atoms with E-state index in [1.807, 2.05) is 21.1 Å². The molecule has 0 aliphatic carbocycles. The van der Waals surface area contributed by atoms with E-state index in [1.165, 1.54) is 167 Å². The van der Waals surface area contributed by atoms with E-state index in [0.29, 0.717) is 17.4 Å². The van der Waals surface area contributed by atoms with Crippen molar-refractivity contribution in [1.82, 2.24) is 0 Å². The number of likely N-dealkylation sites (N-methyl/N-ethyl adjacent to an activating group) is 1. The van der Waals surface area contributed by atoms with Crippen LogP contribution < -0.4 is 0 Å². The molecule has 0 aromatic rings. The van der Waals surface area contributed by atoms with E-state index in [1.54, 1.807) is 0 Å². The molecule has 9 heteroatoms. The number of hydrogen-bond donors (Lipinski definition) is 1. The van der Waals surface area contributed by atoms with Crippen LogP contribution in [0.4, 0.5) is 0 Å². The fraction of sp³-hybridized carbons (Fsp3) is 0.817. The van der Waals surface area contributed by atoms with Crippen LogP contribution in [0.15, 0.2) is 48.6 Å². The van der Waals surface area contributed by atoms with Crippen molar-refractivity contribution in [2.75, 3.05) is 47.5 Å². The molecule has 0 radical (unpaired) electrons. The predicted molar refractivity (Wildman–Crippen MR) is 290 cm³/mol. The van der Waals surface area contributed by atoms with Crippen LogP contribution in [-0.4, -0.2) is 87.4 Å². The van der Waals surface area contributed by atoms with E-state index in [-0.39, 0.29) is 32.2 Å². The molecule has 0 fully saturated rings. The Balaban J connectivity index is 3.95. The average molecular weight is 974 g/mol. The van der Waals surface area contributed by atoms with Crippen LogP contribution in [-0.2, 0) is 33.3 Å². The highest BCUT2D eigenvalue weighted by Crippen LogP contribution is 2.17. The van der Waals surface area contributed by atoms with Crippen molar-refractivity contribution >= 4 is 17.9 Å². The number of ether oxygens (including phenoxy) is 4. The fourth-order valence-corrected chi connectivity index (χ4v) is 8.18. The molecular formula is C60H110NO8+. The number of rotatable bonds is 53. The van der Waals surface area contributed by atoms with E-state index < -0.39 is 24.3 Å². The van der Waals surface area contributed by atoms with E-state index in [9.17, 15) is 19.5 Å². The third kappa shape index (κ3) is 52.9. The molecule has 0 saturated carbocycles. The summed E-state index contributed by atoms with van der Waals surface area (Å²) in [7, 11) is 5.97. The van der Waals surface area contributed by atoms with Crippen molar-refractivity contribution in [3.8, 4) is 0 Å². The number of aliphatic carboxylic acids is 1. The summed E-state index contributed by atoms with van der Waals surface area (Å²) in [5.74, 6) is -1.99. The lowest BCUT2D eigenvalue weighted by Crippen LogP contribution is -2.40. The molecule has 9 nitrogen and oxygen atoms in total. The number of carbonyl (C=O) groups is 3. The third-order valence-electron chi connectivity index (χ3n) is 12.6. The lowest BCUT2D eigenvalue weighted by atomic mass is 10.0. The minimum atomic E-state index is -1.50. The van der Waals surface area contributed by atoms with E-state index >= 15 is 0 Å². The lowest BCUT2D eigenvalue weighted by molar-refractivity contribution is -0.870. The van der Waals surface area contributed by atoms with Crippen LogP contribution in [0, 0.1) is 0 Å². The van der Waals surface area contributed by atoms with Gasteiger partial charge in [-0.2, -0.15) is 0 Å². The molecule has 1 N–H and O–H groups in total. The molecule has 0 bridgehead atoms. The third-order valence-corrected chi connectivity index (χ3v) is 12.6. The topological polar surface area (TPSA) is 108 Å². The van der Waals surface area contributed by atoms with Gasteiger partial charge in [-0.15, -0.1) is 0 Å². The molecule has 0 saturated heterocycles. The second kappa shape index (κ2) is 51.6. The highest BCUT2D eigenvalue weighted by Gasteiger charge is 2.25. The second-order valence-corrected chi connectivity index (χ2v) is 20.6. The zero-order valence-corrected chi connectivity index (χ0v) is 45.7. The molecule has 0 amide bonds. The van der Waals surface area contributed by atoms with Crippen molar-refractivity contribution in [2.24, 2.45) is 0 Å². The van der Waals surface area contributed by atoms with Crippen molar-refractivity contribution in [3.63, 3.8) is 0 Å². The number of carboxylic acid groups (broad SMARTS) is 1. The second-order valence-electron chi connectivity index (χ2n) is 20.6. The Morgan fingerprint density at radius 2 is 0.826 bits per heavy atom. The van der Waals surface area contributed by atoms with Gasteiger partial charge in [-0.25, -0.2) is 4.79 Å². The Kier molecular flexibility index (Phi) is 49.5. The maximum Gasteiger partial charge on any atom is 0.361 e. The Morgan fingerprint density at radius 3 is 1.23 bits per heavy atom. The van der Waals surface area contributed by atoms with Crippen LogP contribution in [0.5, 0.6) is 0 Å². The minimum Gasteiger partial charge on any atom is -0.477 e. The molecule has 0 rings (SSSR count). The number of hydrogen-bond acceptors (Lipinski definition) is 7. The Bertz CT molecular complexity index is 1270. The maximum absolute atomic E-state index is 12.8. The molecule has 0 heterocycles. The molecule has 0 aliphatic rings. The monoisotopic (exact) mass is 973 g/mol. The van der Waals surface area contributed by atoms with Crippen LogP contribution in [0.25, 0.3) is 0 Å². The van der Waals surface area contributed by atoms with Gasteiger partial charge in [0.15, 0.2) is 6.10 Å². The number of allylic oxidation sites excluding steroid dienone is 8. The number of nitrogens with zero attached hydrogens (tertiary/aromatic N) is 1. The van der Waals surface area contributed by atoms with Gasteiger partial charge in [0.05, 0.1) is 34.4 Å². The number of carboxylic acids is 1. The lowest BCUT2D eigenvalue weighted by Gasteiger charge is -2.25. The van der Waals surface area contributed by atoms with Gasteiger partial charge in [0, 0.05) is 12.8 Å². The summed E-state index contributed by atoms with van der Waals surface area (Å²) < 4.78 is 22.8. The molecule has 2 unspecified atom stereocenters. The molecule has 402 valence electrons. The largest absolute Gasteiger partial charge is 0.477 e. The number of carbonyl (C=O) groups excluding carboxylic acids is 2. The summed E-state index contributed by atoms with van der Waals surface area (Å²) in [6.45, 7) is 4.76. The first kappa shape index (κ1) is 66.2. The molecule has 2 atom stereocenters. The molecule has 0 aromatic heterocycles. The van der Waals surface area contributed by atoms with Gasteiger partial charge in [0.1, 0.15) is 13.2 Å². The fourth-order valence-electron chi connectivity index (χ4n) is 8.18. The first-order valence-electron chi connectivity index (χ1n) is 28.8. The summed E-state index contributed by atoms with van der Waals surface area (Å²) in [5.41, 5.74) is 0. The smallest absolute Gasteiger partial charge is 0.361 e. The van der Waals surface area contributed by atoms with Crippen molar-refractivity contribution in [3.05, 3.63) is 48.6 Å². The molecule has 0 spiro atoms.